The number of benzene rings is 3. The van der Waals surface area contributed by atoms with Crippen molar-refractivity contribution >= 4 is 16.9 Å². The zero-order chi connectivity index (χ0) is 24.0. The van der Waals surface area contributed by atoms with E-state index < -0.39 is 11.9 Å². The highest BCUT2D eigenvalue weighted by Gasteiger charge is 2.33. The molecule has 0 aliphatic heterocycles. The molecular weight excluding hydrogens is 434 g/mol. The van der Waals surface area contributed by atoms with Crippen LogP contribution >= 0.6 is 0 Å². The highest BCUT2D eigenvalue weighted by Crippen LogP contribution is 2.39. The van der Waals surface area contributed by atoms with Crippen molar-refractivity contribution in [3.05, 3.63) is 107 Å². The van der Waals surface area contributed by atoms with Gasteiger partial charge in [0.25, 0.3) is 0 Å². The van der Waals surface area contributed by atoms with Crippen LogP contribution in [0.25, 0.3) is 10.9 Å². The Labute approximate surface area is 205 Å². The second kappa shape index (κ2) is 10.4. The number of fused-ring (bicyclic) bond motifs is 1. The number of carboxylic acid groups (broad SMARTS) is 1. The minimum atomic E-state index is -0.784. The van der Waals surface area contributed by atoms with Crippen LogP contribution in [0.1, 0.15) is 54.0 Å². The first-order valence-corrected chi connectivity index (χ1v) is 12.1. The number of aliphatic carboxylic acids is 1. The Hall–Kier alpha value is -4.10. The van der Waals surface area contributed by atoms with Crippen LogP contribution in [0.3, 0.4) is 0 Å². The van der Waals surface area contributed by atoms with Crippen molar-refractivity contribution in [1.29, 1.82) is 0 Å². The van der Waals surface area contributed by atoms with E-state index in [9.17, 15) is 9.90 Å². The Kier molecular flexibility index (Phi) is 6.77. The second-order valence-corrected chi connectivity index (χ2v) is 9.01. The zero-order valence-electron chi connectivity index (χ0n) is 19.5. The molecule has 1 fully saturated rings. The standard InChI is InChI=1S/C31H27NO3/c33-31(34)30(24-11-4-5-12-24)28-19-18-27(20-25(28)15-14-22-8-2-1-3-9-22)35-21-26-17-16-23-10-6-7-13-29(23)32-26/h1-3,6-10,13,16-20,24,30H,4-5,11-12,21H2,(H,33,34). The van der Waals surface area contributed by atoms with E-state index in [1.54, 1.807) is 0 Å². The number of aromatic nitrogens is 1. The fourth-order valence-electron chi connectivity index (χ4n) is 4.89. The molecule has 3 aromatic carbocycles. The minimum Gasteiger partial charge on any atom is -0.487 e. The van der Waals surface area contributed by atoms with Gasteiger partial charge >= 0.3 is 5.97 Å². The topological polar surface area (TPSA) is 59.4 Å². The number of para-hydroxylation sites is 1. The lowest BCUT2D eigenvalue weighted by Crippen LogP contribution is -2.20. The number of carboxylic acids is 1. The Bertz CT molecular complexity index is 1400. The molecule has 1 saturated carbocycles. The van der Waals surface area contributed by atoms with Crippen LogP contribution in [-0.4, -0.2) is 16.1 Å². The van der Waals surface area contributed by atoms with Gasteiger partial charge in [-0.25, -0.2) is 4.98 Å². The number of hydrogen-bond acceptors (Lipinski definition) is 3. The van der Waals surface area contributed by atoms with Gasteiger partial charge in [0.15, 0.2) is 0 Å². The van der Waals surface area contributed by atoms with Gasteiger partial charge in [-0.2, -0.15) is 0 Å². The molecule has 1 unspecified atom stereocenters. The quantitative estimate of drug-likeness (QED) is 0.330. The summed E-state index contributed by atoms with van der Waals surface area (Å²) in [4.78, 5) is 17.0. The molecule has 1 heterocycles. The number of rotatable bonds is 6. The molecule has 0 saturated heterocycles. The summed E-state index contributed by atoms with van der Waals surface area (Å²) in [5.74, 6) is 5.88. The van der Waals surface area contributed by atoms with Gasteiger partial charge < -0.3 is 9.84 Å². The van der Waals surface area contributed by atoms with Gasteiger partial charge in [-0.3, -0.25) is 4.79 Å². The van der Waals surface area contributed by atoms with Gasteiger partial charge in [0.1, 0.15) is 12.4 Å². The molecule has 1 N–H and O–H groups in total. The highest BCUT2D eigenvalue weighted by molar-refractivity contribution is 5.79. The monoisotopic (exact) mass is 461 g/mol. The van der Waals surface area contributed by atoms with Crippen LogP contribution in [0.4, 0.5) is 0 Å². The summed E-state index contributed by atoms with van der Waals surface area (Å²) in [6.45, 7) is 0.320. The van der Waals surface area contributed by atoms with E-state index in [0.29, 0.717) is 17.9 Å². The Morgan fingerprint density at radius 2 is 1.71 bits per heavy atom. The number of pyridine rings is 1. The maximum atomic E-state index is 12.3. The minimum absolute atomic E-state index is 0.137. The number of hydrogen-bond donors (Lipinski definition) is 1. The van der Waals surface area contributed by atoms with E-state index in [2.05, 4.69) is 16.8 Å². The summed E-state index contributed by atoms with van der Waals surface area (Å²) in [6, 6.07) is 27.3. The van der Waals surface area contributed by atoms with Crippen LogP contribution in [0.5, 0.6) is 5.75 Å². The molecule has 35 heavy (non-hydrogen) atoms. The number of ether oxygens (including phenoxy) is 1. The van der Waals surface area contributed by atoms with Gasteiger partial charge in [0.2, 0.25) is 0 Å². The van der Waals surface area contributed by atoms with Crippen molar-refractivity contribution in [3.63, 3.8) is 0 Å². The molecule has 1 atom stereocenters. The lowest BCUT2D eigenvalue weighted by molar-refractivity contribution is -0.140. The number of carbonyl (C=O) groups is 1. The molecular formula is C31H27NO3. The van der Waals surface area contributed by atoms with E-state index in [1.165, 1.54) is 0 Å². The summed E-state index contributed by atoms with van der Waals surface area (Å²) in [7, 11) is 0. The van der Waals surface area contributed by atoms with E-state index in [-0.39, 0.29) is 5.92 Å². The Morgan fingerprint density at radius 3 is 2.51 bits per heavy atom. The van der Waals surface area contributed by atoms with Crippen molar-refractivity contribution in [2.75, 3.05) is 0 Å². The third-order valence-electron chi connectivity index (χ3n) is 6.66. The average Bonchev–Trinajstić information content (AvgIpc) is 3.42. The van der Waals surface area contributed by atoms with Crippen LogP contribution in [-0.2, 0) is 11.4 Å². The smallest absolute Gasteiger partial charge is 0.311 e. The SMILES string of the molecule is O=C(O)C(c1ccc(OCc2ccc3ccccc3n2)cc1C#Cc1ccccc1)C1CCCC1. The van der Waals surface area contributed by atoms with Gasteiger partial charge in [-0.1, -0.05) is 73.2 Å². The number of nitrogens with zero attached hydrogens (tertiary/aromatic N) is 1. The van der Waals surface area contributed by atoms with E-state index in [0.717, 1.165) is 53.4 Å². The Balaban J connectivity index is 1.45. The molecule has 0 radical (unpaired) electrons. The largest absolute Gasteiger partial charge is 0.487 e. The first-order chi connectivity index (χ1) is 17.2. The summed E-state index contributed by atoms with van der Waals surface area (Å²) in [5, 5.41) is 11.2. The lowest BCUT2D eigenvalue weighted by atomic mass is 9.82. The molecule has 4 nitrogen and oxygen atoms in total. The molecule has 174 valence electrons. The van der Waals surface area contributed by atoms with E-state index in [4.69, 9.17) is 4.74 Å². The van der Waals surface area contributed by atoms with Gasteiger partial charge in [0, 0.05) is 16.5 Å². The summed E-state index contributed by atoms with van der Waals surface area (Å²) >= 11 is 0. The molecule has 0 bridgehead atoms. The maximum Gasteiger partial charge on any atom is 0.311 e. The predicted octanol–water partition coefficient (Wildman–Crippen LogP) is 6.57. The van der Waals surface area contributed by atoms with Crippen LogP contribution in [0.2, 0.25) is 0 Å². The van der Waals surface area contributed by atoms with E-state index >= 15 is 0 Å². The van der Waals surface area contributed by atoms with Crippen molar-refractivity contribution in [1.82, 2.24) is 4.98 Å². The summed E-state index contributed by atoms with van der Waals surface area (Å²) in [5.41, 5.74) is 4.12. The molecule has 4 aromatic rings. The molecule has 5 rings (SSSR count). The van der Waals surface area contributed by atoms with Gasteiger partial charge in [0.05, 0.1) is 17.1 Å². The highest BCUT2D eigenvalue weighted by atomic mass is 16.5. The molecule has 4 heteroatoms. The first-order valence-electron chi connectivity index (χ1n) is 12.1. The summed E-state index contributed by atoms with van der Waals surface area (Å²) in [6.07, 6.45) is 4.04. The van der Waals surface area contributed by atoms with Crippen LogP contribution < -0.4 is 4.74 Å². The van der Waals surface area contributed by atoms with Crippen molar-refractivity contribution in [2.24, 2.45) is 5.92 Å². The zero-order valence-corrected chi connectivity index (χ0v) is 19.5. The molecule has 1 aromatic heterocycles. The molecule has 0 spiro atoms. The third kappa shape index (κ3) is 5.36. The molecule has 0 amide bonds. The van der Waals surface area contributed by atoms with Gasteiger partial charge in [-0.05, 0) is 60.7 Å². The fraction of sp³-hybridized carbons (Fsp3) is 0.226. The van der Waals surface area contributed by atoms with Crippen molar-refractivity contribution in [2.45, 2.75) is 38.2 Å². The second-order valence-electron chi connectivity index (χ2n) is 9.01. The van der Waals surface area contributed by atoms with Crippen LogP contribution in [0, 0.1) is 17.8 Å². The lowest BCUT2D eigenvalue weighted by Gasteiger charge is -2.21. The summed E-state index contributed by atoms with van der Waals surface area (Å²) < 4.78 is 6.08. The normalized spacial score (nSPS) is 14.3. The fourth-order valence-corrected chi connectivity index (χ4v) is 4.89. The average molecular weight is 462 g/mol. The Morgan fingerprint density at radius 1 is 0.943 bits per heavy atom. The van der Waals surface area contributed by atoms with Crippen LogP contribution in [0.15, 0.2) is 84.9 Å². The molecule has 1 aliphatic rings. The van der Waals surface area contributed by atoms with Crippen molar-refractivity contribution in [3.8, 4) is 17.6 Å². The maximum absolute atomic E-state index is 12.3. The molecule has 1 aliphatic carbocycles. The first kappa shape index (κ1) is 22.7. The van der Waals surface area contributed by atoms with Crippen molar-refractivity contribution < 1.29 is 14.6 Å². The predicted molar refractivity (Wildman–Crippen MR) is 137 cm³/mol. The van der Waals surface area contributed by atoms with E-state index in [1.807, 2.05) is 84.9 Å². The third-order valence-corrected chi connectivity index (χ3v) is 6.66. The van der Waals surface area contributed by atoms with Gasteiger partial charge in [-0.15, -0.1) is 0 Å².